The third kappa shape index (κ3) is 3.20. The Bertz CT molecular complexity index is 419. The van der Waals surface area contributed by atoms with Gasteiger partial charge in [-0.25, -0.2) is 12.8 Å². The number of halogens is 2. The van der Waals surface area contributed by atoms with E-state index in [0.29, 0.717) is 0 Å². The molecule has 1 aromatic carbocycles. The third-order valence-corrected chi connectivity index (χ3v) is 2.05. The first-order chi connectivity index (χ1) is 5.88. The molecule has 6 heteroatoms. The van der Waals surface area contributed by atoms with E-state index in [2.05, 4.69) is 0 Å². The maximum absolute atomic E-state index is 12.9. The van der Waals surface area contributed by atoms with E-state index in [0.717, 1.165) is 12.3 Å². The first-order valence-electron chi connectivity index (χ1n) is 3.31. The molecule has 13 heavy (non-hydrogen) atoms. The minimum absolute atomic E-state index is 0.144. The van der Waals surface area contributed by atoms with Crippen LogP contribution in [-0.4, -0.2) is 14.7 Å². The fraction of sp³-hybridized carbons (Fsp3) is 0.143. The Morgan fingerprint density at radius 1 is 1.46 bits per heavy atom. The number of sulfonamides is 1. The lowest BCUT2D eigenvalue weighted by atomic mass is 10.3. The maximum Gasteiger partial charge on any atom is 0.229 e. The van der Waals surface area contributed by atoms with Crippen molar-refractivity contribution in [2.75, 3.05) is 11.0 Å². The summed E-state index contributed by atoms with van der Waals surface area (Å²) >= 11 is 5.54. The summed E-state index contributed by atoms with van der Waals surface area (Å²) in [6.45, 7) is 0. The molecule has 0 aliphatic rings. The zero-order valence-electron chi connectivity index (χ0n) is 6.71. The molecule has 0 spiro atoms. The van der Waals surface area contributed by atoms with Gasteiger partial charge in [0.05, 0.1) is 11.9 Å². The molecular weight excluding hydrogens is 217 g/mol. The van der Waals surface area contributed by atoms with Gasteiger partial charge in [0.2, 0.25) is 10.0 Å². The van der Waals surface area contributed by atoms with Crippen LogP contribution in [0.1, 0.15) is 0 Å². The van der Waals surface area contributed by atoms with Gasteiger partial charge < -0.3 is 0 Å². The van der Waals surface area contributed by atoms with Gasteiger partial charge in [0.15, 0.2) is 0 Å². The molecule has 0 aliphatic carbocycles. The Hall–Kier alpha value is -0.810. The molecule has 0 aliphatic heterocycles. The molecule has 3 nitrogen and oxygen atoms in total. The second kappa shape index (κ2) is 3.51. The van der Waals surface area contributed by atoms with E-state index in [9.17, 15) is 12.8 Å². The molecule has 0 heterocycles. The van der Waals surface area contributed by atoms with Gasteiger partial charge in [-0.2, -0.15) is 0 Å². The monoisotopic (exact) mass is 223 g/mol. The highest BCUT2D eigenvalue weighted by Crippen LogP contribution is 2.19. The van der Waals surface area contributed by atoms with E-state index in [1.54, 1.807) is 0 Å². The minimum Gasteiger partial charge on any atom is -0.281 e. The first-order valence-corrected chi connectivity index (χ1v) is 5.58. The fourth-order valence-corrected chi connectivity index (χ4v) is 1.50. The van der Waals surface area contributed by atoms with E-state index >= 15 is 0 Å². The van der Waals surface area contributed by atoms with Crippen molar-refractivity contribution in [2.24, 2.45) is 0 Å². The van der Waals surface area contributed by atoms with E-state index in [4.69, 9.17) is 11.6 Å². The zero-order valence-corrected chi connectivity index (χ0v) is 8.29. The van der Waals surface area contributed by atoms with Gasteiger partial charge in [-0.1, -0.05) is 11.6 Å². The smallest absolute Gasteiger partial charge is 0.229 e. The highest BCUT2D eigenvalue weighted by atomic mass is 35.5. The van der Waals surface area contributed by atoms with Crippen LogP contribution in [0, 0.1) is 5.82 Å². The van der Waals surface area contributed by atoms with Gasteiger partial charge >= 0.3 is 0 Å². The number of anilines is 1. The van der Waals surface area contributed by atoms with Crippen LogP contribution in [0.2, 0.25) is 5.02 Å². The van der Waals surface area contributed by atoms with Crippen LogP contribution in [0.25, 0.3) is 0 Å². The van der Waals surface area contributed by atoms with Crippen LogP contribution in [-0.2, 0) is 10.0 Å². The third-order valence-electron chi connectivity index (χ3n) is 1.22. The van der Waals surface area contributed by atoms with Crippen LogP contribution in [0.3, 0.4) is 0 Å². The number of hydrogen-bond acceptors (Lipinski definition) is 2. The SMILES string of the molecule is CS(=O)(=O)Nc1cc(Cl)ccc1F. The summed E-state index contributed by atoms with van der Waals surface area (Å²) in [5.74, 6) is -0.658. The summed E-state index contributed by atoms with van der Waals surface area (Å²) in [4.78, 5) is 0. The molecular formula is C7H7ClFNO2S. The summed E-state index contributed by atoms with van der Waals surface area (Å²) in [6.07, 6.45) is 0.938. The van der Waals surface area contributed by atoms with E-state index in [1.165, 1.54) is 12.1 Å². The summed E-state index contributed by atoms with van der Waals surface area (Å²) < 4.78 is 36.4. The summed E-state index contributed by atoms with van der Waals surface area (Å²) in [5, 5.41) is 0.271. The largest absolute Gasteiger partial charge is 0.281 e. The van der Waals surface area contributed by atoms with Crippen molar-refractivity contribution in [1.29, 1.82) is 0 Å². The van der Waals surface area contributed by atoms with Crippen molar-refractivity contribution < 1.29 is 12.8 Å². The molecule has 0 unspecified atom stereocenters. The fourth-order valence-electron chi connectivity index (χ4n) is 0.775. The van der Waals surface area contributed by atoms with Gasteiger partial charge in [-0.15, -0.1) is 0 Å². The minimum atomic E-state index is -3.47. The average Bonchev–Trinajstić information content (AvgIpc) is 1.94. The van der Waals surface area contributed by atoms with E-state index < -0.39 is 15.8 Å². The molecule has 0 atom stereocenters. The number of rotatable bonds is 2. The molecule has 1 N–H and O–H groups in total. The van der Waals surface area contributed by atoms with Gasteiger partial charge in [-0.3, -0.25) is 4.72 Å². The number of nitrogens with one attached hydrogen (secondary N) is 1. The summed E-state index contributed by atoms with van der Waals surface area (Å²) in [5.41, 5.74) is -0.144. The lowest BCUT2D eigenvalue weighted by Crippen LogP contribution is -2.10. The van der Waals surface area contributed by atoms with Crippen LogP contribution in [0.15, 0.2) is 18.2 Å². The van der Waals surface area contributed by atoms with Gasteiger partial charge in [0.25, 0.3) is 0 Å². The molecule has 0 bridgehead atoms. The molecule has 1 aromatic rings. The molecule has 0 amide bonds. The first kappa shape index (κ1) is 10.3. The van der Waals surface area contributed by atoms with Crippen LogP contribution in [0.5, 0.6) is 0 Å². The molecule has 0 saturated heterocycles. The molecule has 0 radical (unpaired) electrons. The van der Waals surface area contributed by atoms with Gasteiger partial charge in [-0.05, 0) is 18.2 Å². The highest BCUT2D eigenvalue weighted by Gasteiger charge is 2.07. The van der Waals surface area contributed by atoms with Crippen molar-refractivity contribution in [2.45, 2.75) is 0 Å². The van der Waals surface area contributed by atoms with Crippen molar-refractivity contribution in [1.82, 2.24) is 0 Å². The predicted octanol–water partition coefficient (Wildman–Crippen LogP) is 1.85. The van der Waals surface area contributed by atoms with Gasteiger partial charge in [0, 0.05) is 5.02 Å². The lowest BCUT2D eigenvalue weighted by Gasteiger charge is -2.04. The van der Waals surface area contributed by atoms with Crippen LogP contribution >= 0.6 is 11.6 Å². The van der Waals surface area contributed by atoms with Crippen molar-refractivity contribution >= 4 is 27.3 Å². The Morgan fingerprint density at radius 2 is 2.08 bits per heavy atom. The second-order valence-electron chi connectivity index (χ2n) is 2.50. The van der Waals surface area contributed by atoms with Gasteiger partial charge in [0.1, 0.15) is 5.82 Å². The molecule has 0 fully saturated rings. The Labute approximate surface area is 80.6 Å². The normalized spacial score (nSPS) is 11.3. The number of benzene rings is 1. The predicted molar refractivity (Wildman–Crippen MR) is 49.9 cm³/mol. The summed E-state index contributed by atoms with van der Waals surface area (Å²) in [7, 11) is -3.47. The lowest BCUT2D eigenvalue weighted by molar-refractivity contribution is 0.603. The molecule has 0 aromatic heterocycles. The Kier molecular flexibility index (Phi) is 2.77. The number of hydrogen-bond donors (Lipinski definition) is 1. The van der Waals surface area contributed by atoms with Crippen LogP contribution in [0.4, 0.5) is 10.1 Å². The Morgan fingerprint density at radius 3 is 2.62 bits per heavy atom. The van der Waals surface area contributed by atoms with E-state index in [1.807, 2.05) is 4.72 Å². The quantitative estimate of drug-likeness (QED) is 0.832. The van der Waals surface area contributed by atoms with E-state index in [-0.39, 0.29) is 10.7 Å². The highest BCUT2D eigenvalue weighted by molar-refractivity contribution is 7.92. The zero-order chi connectivity index (χ0) is 10.1. The second-order valence-corrected chi connectivity index (χ2v) is 4.68. The molecule has 72 valence electrons. The van der Waals surface area contributed by atoms with Crippen molar-refractivity contribution in [3.63, 3.8) is 0 Å². The summed E-state index contributed by atoms with van der Waals surface area (Å²) in [6, 6.07) is 3.64. The standard InChI is InChI=1S/C7H7ClFNO2S/c1-13(11,12)10-7-4-5(8)2-3-6(7)9/h2-4,10H,1H3. The maximum atomic E-state index is 12.9. The van der Waals surface area contributed by atoms with Crippen molar-refractivity contribution in [3.8, 4) is 0 Å². The van der Waals surface area contributed by atoms with Crippen molar-refractivity contribution in [3.05, 3.63) is 29.0 Å². The Balaban J connectivity index is 3.08. The van der Waals surface area contributed by atoms with Crippen LogP contribution < -0.4 is 4.72 Å². The topological polar surface area (TPSA) is 46.2 Å². The molecule has 1 rings (SSSR count). The average molecular weight is 224 g/mol. The molecule has 0 saturated carbocycles.